The van der Waals surface area contributed by atoms with Crippen LogP contribution in [0.15, 0.2) is 42.7 Å². The highest BCUT2D eigenvalue weighted by molar-refractivity contribution is 5.74. The van der Waals surface area contributed by atoms with Crippen molar-refractivity contribution in [2.24, 2.45) is 0 Å². The Kier molecular flexibility index (Phi) is 5.29. The summed E-state index contributed by atoms with van der Waals surface area (Å²) in [5.74, 6) is 1.39. The lowest BCUT2D eigenvalue weighted by Gasteiger charge is -2.42. The fourth-order valence-electron chi connectivity index (χ4n) is 5.43. The van der Waals surface area contributed by atoms with Gasteiger partial charge in [0.25, 0.3) is 0 Å². The summed E-state index contributed by atoms with van der Waals surface area (Å²) in [7, 11) is 0. The maximum absolute atomic E-state index is 10.3. The second-order valence-electron chi connectivity index (χ2n) is 9.19. The smallest absolute Gasteiger partial charge is 0.226 e. The average Bonchev–Trinajstić information content (AvgIpc) is 3.14. The van der Waals surface area contributed by atoms with Gasteiger partial charge in [-0.1, -0.05) is 12.1 Å². The predicted octanol–water partition coefficient (Wildman–Crippen LogP) is 1.49. The first-order valence-electron chi connectivity index (χ1n) is 11.9. The van der Waals surface area contributed by atoms with Crippen LogP contribution in [0.4, 0.5) is 23.1 Å². The van der Waals surface area contributed by atoms with Gasteiger partial charge >= 0.3 is 0 Å². The molecule has 2 bridgehead atoms. The number of phenolic OH excluding ortho intramolecular Hbond substituents is 1. The molecule has 2 unspecified atom stereocenters. The van der Waals surface area contributed by atoms with E-state index < -0.39 is 0 Å². The summed E-state index contributed by atoms with van der Waals surface area (Å²) >= 11 is 0. The number of anilines is 4. The molecule has 0 spiro atoms. The standard InChI is InChI=1S/C24H29N9O/c25-23-21(11-20(29-30-23)19-3-1-2-4-22(19)34)32-14-16-5-6-17(15-32)33(16)24-27-12-18(13-28-24)31-9-7-26-8-10-31/h1-4,11-13,16-17,26,34H,5-10,14-15H2,(H2,25,30). The van der Waals surface area contributed by atoms with Gasteiger partial charge in [0.1, 0.15) is 5.75 Å². The van der Waals surface area contributed by atoms with Crippen LogP contribution in [0.3, 0.4) is 0 Å². The van der Waals surface area contributed by atoms with E-state index in [4.69, 9.17) is 15.7 Å². The molecule has 34 heavy (non-hydrogen) atoms. The Hall–Kier alpha value is -3.66. The van der Waals surface area contributed by atoms with Crippen molar-refractivity contribution in [1.29, 1.82) is 0 Å². The fraction of sp³-hybridized carbons (Fsp3) is 0.417. The van der Waals surface area contributed by atoms with Crippen LogP contribution in [0, 0.1) is 0 Å². The van der Waals surface area contributed by atoms with E-state index in [0.29, 0.717) is 29.2 Å². The molecule has 0 saturated carbocycles. The van der Waals surface area contributed by atoms with Crippen LogP contribution in [-0.4, -0.2) is 76.6 Å². The zero-order valence-corrected chi connectivity index (χ0v) is 19.0. The van der Waals surface area contributed by atoms with E-state index in [-0.39, 0.29) is 5.75 Å². The Labute approximate surface area is 198 Å². The van der Waals surface area contributed by atoms with Gasteiger partial charge in [-0.15, -0.1) is 10.2 Å². The number of phenols is 1. The van der Waals surface area contributed by atoms with Crippen molar-refractivity contribution < 1.29 is 5.11 Å². The Morgan fingerprint density at radius 1 is 0.941 bits per heavy atom. The van der Waals surface area contributed by atoms with Crippen molar-refractivity contribution in [3.63, 3.8) is 0 Å². The number of nitrogens with zero attached hydrogens (tertiary/aromatic N) is 7. The summed E-state index contributed by atoms with van der Waals surface area (Å²) < 4.78 is 0. The number of benzene rings is 1. The fourth-order valence-corrected chi connectivity index (χ4v) is 5.43. The van der Waals surface area contributed by atoms with Crippen molar-refractivity contribution in [3.05, 3.63) is 42.7 Å². The Morgan fingerprint density at radius 3 is 2.35 bits per heavy atom. The van der Waals surface area contributed by atoms with Crippen LogP contribution >= 0.6 is 0 Å². The molecule has 5 heterocycles. The highest BCUT2D eigenvalue weighted by Crippen LogP contribution is 2.38. The summed E-state index contributed by atoms with van der Waals surface area (Å²) in [4.78, 5) is 16.5. The summed E-state index contributed by atoms with van der Waals surface area (Å²) in [6.07, 6.45) is 6.11. The third-order valence-electron chi connectivity index (χ3n) is 7.14. The molecule has 0 amide bonds. The van der Waals surface area contributed by atoms with E-state index in [9.17, 15) is 5.11 Å². The molecule has 2 atom stereocenters. The van der Waals surface area contributed by atoms with Crippen LogP contribution < -0.4 is 25.8 Å². The molecule has 3 fully saturated rings. The summed E-state index contributed by atoms with van der Waals surface area (Å²) in [6.45, 7) is 5.58. The van der Waals surface area contributed by atoms with Crippen LogP contribution in [0.2, 0.25) is 0 Å². The maximum Gasteiger partial charge on any atom is 0.226 e. The molecule has 10 heteroatoms. The SMILES string of the molecule is Nc1nnc(-c2ccccc2O)cc1N1CC2CCC(C1)N2c1ncc(N2CCNCC2)cn1. The number of rotatable bonds is 4. The Balaban J connectivity index is 1.22. The first kappa shape index (κ1) is 20.9. The van der Waals surface area contributed by atoms with Crippen molar-refractivity contribution in [2.45, 2.75) is 24.9 Å². The minimum Gasteiger partial charge on any atom is -0.507 e. The zero-order valence-electron chi connectivity index (χ0n) is 19.0. The van der Waals surface area contributed by atoms with Crippen LogP contribution in [0.1, 0.15) is 12.8 Å². The summed E-state index contributed by atoms with van der Waals surface area (Å²) in [5.41, 5.74) is 9.47. The number of aromatic hydroxyl groups is 1. The highest BCUT2D eigenvalue weighted by atomic mass is 16.3. The lowest BCUT2D eigenvalue weighted by atomic mass is 10.1. The van der Waals surface area contributed by atoms with Crippen molar-refractivity contribution in [2.75, 3.05) is 59.7 Å². The zero-order chi connectivity index (χ0) is 23.1. The van der Waals surface area contributed by atoms with Gasteiger partial charge in [0.2, 0.25) is 5.95 Å². The lowest BCUT2D eigenvalue weighted by molar-refractivity contribution is 0.477. The highest BCUT2D eigenvalue weighted by Gasteiger charge is 2.42. The third kappa shape index (κ3) is 3.73. The van der Waals surface area contributed by atoms with Gasteiger partial charge in [0.05, 0.1) is 29.5 Å². The van der Waals surface area contributed by atoms with E-state index in [1.54, 1.807) is 12.1 Å². The molecule has 176 valence electrons. The van der Waals surface area contributed by atoms with Crippen molar-refractivity contribution in [1.82, 2.24) is 25.5 Å². The molecule has 6 rings (SSSR count). The van der Waals surface area contributed by atoms with Gasteiger partial charge in [0.15, 0.2) is 5.82 Å². The summed E-state index contributed by atoms with van der Waals surface area (Å²) in [6, 6.07) is 9.71. The third-order valence-corrected chi connectivity index (χ3v) is 7.14. The monoisotopic (exact) mass is 459 g/mol. The Bertz CT molecular complexity index is 1150. The average molecular weight is 460 g/mol. The molecule has 0 aliphatic carbocycles. The van der Waals surface area contributed by atoms with Gasteiger partial charge in [-0.3, -0.25) is 0 Å². The molecule has 2 aromatic heterocycles. The number of nitrogens with two attached hydrogens (primary N) is 1. The van der Waals surface area contributed by atoms with Gasteiger partial charge < -0.3 is 30.9 Å². The molecular formula is C24H29N9O. The molecule has 3 aromatic rings. The number of nitrogens with one attached hydrogen (secondary N) is 1. The molecular weight excluding hydrogens is 430 g/mol. The van der Waals surface area contributed by atoms with Gasteiger partial charge in [0, 0.05) is 56.9 Å². The van der Waals surface area contributed by atoms with Gasteiger partial charge in [-0.25, -0.2) is 9.97 Å². The normalized spacial score (nSPS) is 22.3. The number of aromatic nitrogens is 4. The van der Waals surface area contributed by atoms with Crippen molar-refractivity contribution in [3.8, 4) is 17.0 Å². The molecule has 1 aromatic carbocycles. The largest absolute Gasteiger partial charge is 0.507 e. The number of para-hydroxylation sites is 1. The van der Waals surface area contributed by atoms with E-state index in [2.05, 4.69) is 30.2 Å². The predicted molar refractivity (Wildman–Crippen MR) is 132 cm³/mol. The second kappa shape index (κ2) is 8.60. The number of nitrogen functional groups attached to an aromatic ring is 1. The molecule has 10 nitrogen and oxygen atoms in total. The van der Waals surface area contributed by atoms with E-state index in [0.717, 1.165) is 69.4 Å². The van der Waals surface area contributed by atoms with Crippen LogP contribution in [0.25, 0.3) is 11.3 Å². The molecule has 3 aliphatic rings. The van der Waals surface area contributed by atoms with E-state index in [1.165, 1.54) is 0 Å². The maximum atomic E-state index is 10.3. The van der Waals surface area contributed by atoms with E-state index in [1.807, 2.05) is 30.6 Å². The number of hydrogen-bond acceptors (Lipinski definition) is 10. The number of hydrogen-bond donors (Lipinski definition) is 3. The quantitative estimate of drug-likeness (QED) is 0.529. The van der Waals surface area contributed by atoms with Crippen LogP contribution in [0.5, 0.6) is 5.75 Å². The number of fused-ring (bicyclic) bond motifs is 2. The minimum atomic E-state index is 0.179. The Morgan fingerprint density at radius 2 is 1.65 bits per heavy atom. The molecule has 4 N–H and O–H groups in total. The van der Waals surface area contributed by atoms with Crippen LogP contribution in [-0.2, 0) is 0 Å². The first-order valence-corrected chi connectivity index (χ1v) is 11.9. The summed E-state index contributed by atoms with van der Waals surface area (Å²) in [5, 5.41) is 22.1. The molecule has 3 aliphatic heterocycles. The minimum absolute atomic E-state index is 0.179. The van der Waals surface area contributed by atoms with Crippen molar-refractivity contribution >= 4 is 23.1 Å². The first-order chi connectivity index (χ1) is 16.7. The van der Waals surface area contributed by atoms with E-state index >= 15 is 0 Å². The lowest BCUT2D eigenvalue weighted by Crippen LogP contribution is -2.54. The van der Waals surface area contributed by atoms with Gasteiger partial charge in [-0.2, -0.15) is 0 Å². The van der Waals surface area contributed by atoms with Gasteiger partial charge in [-0.05, 0) is 31.0 Å². The number of piperazine rings is 2. The molecule has 3 saturated heterocycles. The second-order valence-corrected chi connectivity index (χ2v) is 9.19. The molecule has 0 radical (unpaired) electrons. The topological polar surface area (TPSA) is 120 Å².